The van der Waals surface area contributed by atoms with Crippen LogP contribution in [0.15, 0.2) is 29.4 Å². The molecule has 82 valence electrons. The third kappa shape index (κ3) is 3.21. The number of nitrogens with zero attached hydrogens (tertiary/aromatic N) is 1. The predicted octanol–water partition coefficient (Wildman–Crippen LogP) is 2.69. The number of thioether (sulfide) groups is 1. The van der Waals surface area contributed by atoms with E-state index in [0.29, 0.717) is 6.04 Å². The van der Waals surface area contributed by atoms with Crippen molar-refractivity contribution in [2.75, 3.05) is 5.75 Å². The van der Waals surface area contributed by atoms with Crippen molar-refractivity contribution in [3.63, 3.8) is 0 Å². The molecule has 1 fully saturated rings. The summed E-state index contributed by atoms with van der Waals surface area (Å²) in [6, 6.07) is 6.36. The molecular weight excluding hydrogens is 204 g/mol. The summed E-state index contributed by atoms with van der Waals surface area (Å²) in [6.07, 6.45) is 7.22. The highest BCUT2D eigenvalue weighted by molar-refractivity contribution is 7.99. The fraction of sp³-hybridized carbons (Fsp3) is 0.583. The molecule has 0 aromatic carbocycles. The van der Waals surface area contributed by atoms with E-state index in [4.69, 9.17) is 5.73 Å². The molecule has 2 rings (SSSR count). The number of hydrogen-bond acceptors (Lipinski definition) is 3. The smallest absolute Gasteiger partial charge is 0.0960 e. The average molecular weight is 222 g/mol. The zero-order chi connectivity index (χ0) is 10.5. The van der Waals surface area contributed by atoms with Crippen molar-refractivity contribution in [1.82, 2.24) is 4.98 Å². The minimum absolute atomic E-state index is 0.347. The Morgan fingerprint density at radius 3 is 2.87 bits per heavy atom. The van der Waals surface area contributed by atoms with Crippen LogP contribution in [0.4, 0.5) is 0 Å². The Morgan fingerprint density at radius 1 is 1.40 bits per heavy atom. The van der Waals surface area contributed by atoms with Crippen molar-refractivity contribution in [1.29, 1.82) is 0 Å². The summed E-state index contributed by atoms with van der Waals surface area (Å²) in [5, 5.41) is 1.09. The molecule has 0 aliphatic heterocycles. The second-order valence-corrected chi connectivity index (χ2v) is 5.23. The minimum Gasteiger partial charge on any atom is -0.327 e. The van der Waals surface area contributed by atoms with Crippen molar-refractivity contribution in [3.05, 3.63) is 24.4 Å². The maximum Gasteiger partial charge on any atom is 0.0960 e. The third-order valence-electron chi connectivity index (χ3n) is 3.07. The third-order valence-corrected chi connectivity index (χ3v) is 4.16. The monoisotopic (exact) mass is 222 g/mol. The lowest BCUT2D eigenvalue weighted by molar-refractivity contribution is 0.463. The molecule has 1 unspecified atom stereocenters. The molecule has 1 aromatic heterocycles. The Kier molecular flexibility index (Phi) is 4.03. The van der Waals surface area contributed by atoms with Gasteiger partial charge in [-0.25, -0.2) is 4.98 Å². The second-order valence-electron chi connectivity index (χ2n) is 4.19. The van der Waals surface area contributed by atoms with E-state index in [1.165, 1.54) is 25.7 Å². The van der Waals surface area contributed by atoms with Gasteiger partial charge in [0.1, 0.15) is 0 Å². The van der Waals surface area contributed by atoms with Crippen molar-refractivity contribution in [2.24, 2.45) is 11.7 Å². The molecule has 0 bridgehead atoms. The van der Waals surface area contributed by atoms with E-state index in [0.717, 1.165) is 16.7 Å². The standard InChI is InChI=1S/C12H18N2S/c13-11(10-5-1-2-6-10)9-15-12-7-3-4-8-14-12/h3-4,7-8,10-11H,1-2,5-6,9,13H2. The maximum atomic E-state index is 6.18. The molecule has 1 aliphatic rings. The number of pyridine rings is 1. The zero-order valence-electron chi connectivity index (χ0n) is 8.93. The SMILES string of the molecule is NC(CSc1ccccn1)C1CCCC1. The Hall–Kier alpha value is -0.540. The number of hydrogen-bond donors (Lipinski definition) is 1. The van der Waals surface area contributed by atoms with Crippen LogP contribution in [0, 0.1) is 5.92 Å². The number of rotatable bonds is 4. The van der Waals surface area contributed by atoms with Crippen LogP contribution in [0.3, 0.4) is 0 Å². The van der Waals surface area contributed by atoms with Gasteiger partial charge in [-0.05, 0) is 30.9 Å². The van der Waals surface area contributed by atoms with E-state index < -0.39 is 0 Å². The molecule has 1 aromatic rings. The fourth-order valence-corrected chi connectivity index (χ4v) is 3.08. The fourth-order valence-electron chi connectivity index (χ4n) is 2.14. The predicted molar refractivity (Wildman–Crippen MR) is 64.9 cm³/mol. The largest absolute Gasteiger partial charge is 0.327 e. The molecule has 3 heteroatoms. The molecule has 0 amide bonds. The first-order valence-electron chi connectivity index (χ1n) is 5.65. The lowest BCUT2D eigenvalue weighted by Crippen LogP contribution is -2.30. The van der Waals surface area contributed by atoms with E-state index in [1.54, 1.807) is 11.8 Å². The Morgan fingerprint density at radius 2 is 2.20 bits per heavy atom. The van der Waals surface area contributed by atoms with Crippen LogP contribution in [0.2, 0.25) is 0 Å². The van der Waals surface area contributed by atoms with Gasteiger partial charge in [-0.2, -0.15) is 0 Å². The molecule has 0 spiro atoms. The van der Waals surface area contributed by atoms with Gasteiger partial charge in [0.15, 0.2) is 0 Å². The summed E-state index contributed by atoms with van der Waals surface area (Å²) in [7, 11) is 0. The van der Waals surface area contributed by atoms with Gasteiger partial charge in [0.25, 0.3) is 0 Å². The molecule has 0 saturated heterocycles. The van der Waals surface area contributed by atoms with Crippen molar-refractivity contribution < 1.29 is 0 Å². The summed E-state index contributed by atoms with van der Waals surface area (Å²) in [4.78, 5) is 4.28. The maximum absolute atomic E-state index is 6.18. The van der Waals surface area contributed by atoms with E-state index in [2.05, 4.69) is 4.98 Å². The van der Waals surface area contributed by atoms with E-state index in [-0.39, 0.29) is 0 Å². The number of aromatic nitrogens is 1. The van der Waals surface area contributed by atoms with E-state index in [9.17, 15) is 0 Å². The quantitative estimate of drug-likeness (QED) is 0.796. The summed E-state index contributed by atoms with van der Waals surface area (Å²) in [6.45, 7) is 0. The minimum atomic E-state index is 0.347. The summed E-state index contributed by atoms with van der Waals surface area (Å²) < 4.78 is 0. The molecule has 2 nitrogen and oxygen atoms in total. The topological polar surface area (TPSA) is 38.9 Å². The lowest BCUT2D eigenvalue weighted by Gasteiger charge is -2.17. The van der Waals surface area contributed by atoms with Crippen LogP contribution in [-0.4, -0.2) is 16.8 Å². The Bertz CT molecular complexity index is 283. The molecule has 2 N–H and O–H groups in total. The van der Waals surface area contributed by atoms with E-state index in [1.807, 2.05) is 24.4 Å². The van der Waals surface area contributed by atoms with Crippen LogP contribution in [0.25, 0.3) is 0 Å². The summed E-state index contributed by atoms with van der Waals surface area (Å²) in [5.74, 6) is 1.75. The Labute approximate surface area is 95.7 Å². The first-order chi connectivity index (χ1) is 7.36. The van der Waals surface area contributed by atoms with Gasteiger partial charge < -0.3 is 5.73 Å². The molecule has 1 atom stereocenters. The van der Waals surface area contributed by atoms with Crippen LogP contribution in [-0.2, 0) is 0 Å². The van der Waals surface area contributed by atoms with Crippen LogP contribution in [0.1, 0.15) is 25.7 Å². The van der Waals surface area contributed by atoms with Crippen LogP contribution in [0.5, 0.6) is 0 Å². The number of nitrogens with two attached hydrogens (primary N) is 1. The van der Waals surface area contributed by atoms with Gasteiger partial charge in [-0.3, -0.25) is 0 Å². The van der Waals surface area contributed by atoms with E-state index >= 15 is 0 Å². The molecule has 15 heavy (non-hydrogen) atoms. The molecule has 1 saturated carbocycles. The Balaban J connectivity index is 1.77. The van der Waals surface area contributed by atoms with Gasteiger partial charge in [-0.1, -0.05) is 18.9 Å². The lowest BCUT2D eigenvalue weighted by atomic mass is 10.0. The average Bonchev–Trinajstić information content (AvgIpc) is 2.81. The van der Waals surface area contributed by atoms with Crippen molar-refractivity contribution in [3.8, 4) is 0 Å². The highest BCUT2D eigenvalue weighted by Crippen LogP contribution is 2.29. The van der Waals surface area contributed by atoms with Gasteiger partial charge in [0.2, 0.25) is 0 Å². The molecular formula is C12H18N2S. The molecule has 1 aliphatic carbocycles. The van der Waals surface area contributed by atoms with Gasteiger partial charge >= 0.3 is 0 Å². The highest BCUT2D eigenvalue weighted by atomic mass is 32.2. The molecule has 0 radical (unpaired) electrons. The molecule has 1 heterocycles. The van der Waals surface area contributed by atoms with Crippen molar-refractivity contribution >= 4 is 11.8 Å². The zero-order valence-corrected chi connectivity index (χ0v) is 9.75. The van der Waals surface area contributed by atoms with Crippen LogP contribution >= 0.6 is 11.8 Å². The van der Waals surface area contributed by atoms with Gasteiger partial charge in [0, 0.05) is 18.0 Å². The van der Waals surface area contributed by atoms with Crippen molar-refractivity contribution in [2.45, 2.75) is 36.8 Å². The highest BCUT2D eigenvalue weighted by Gasteiger charge is 2.21. The van der Waals surface area contributed by atoms with Crippen LogP contribution < -0.4 is 5.73 Å². The van der Waals surface area contributed by atoms with Gasteiger partial charge in [0.05, 0.1) is 5.03 Å². The second kappa shape index (κ2) is 5.52. The van der Waals surface area contributed by atoms with Gasteiger partial charge in [-0.15, -0.1) is 11.8 Å². The first-order valence-corrected chi connectivity index (χ1v) is 6.64. The first kappa shape index (κ1) is 11.0. The summed E-state index contributed by atoms with van der Waals surface area (Å²) >= 11 is 1.78. The normalized spacial score (nSPS) is 19.3. The summed E-state index contributed by atoms with van der Waals surface area (Å²) in [5.41, 5.74) is 6.18.